The summed E-state index contributed by atoms with van der Waals surface area (Å²) in [4.78, 5) is 14.0. The quantitative estimate of drug-likeness (QED) is 0.784. The summed E-state index contributed by atoms with van der Waals surface area (Å²) in [7, 11) is 1.37. The second-order valence-corrected chi connectivity index (χ2v) is 6.30. The fraction of sp³-hybridized carbons (Fsp3) is 0.421. The van der Waals surface area contributed by atoms with Gasteiger partial charge in [-0.15, -0.1) is 0 Å². The Morgan fingerprint density at radius 3 is 2.83 bits per heavy atom. The molecule has 0 saturated carbocycles. The van der Waals surface area contributed by atoms with Gasteiger partial charge < -0.3 is 9.15 Å². The maximum atomic E-state index is 13.3. The van der Waals surface area contributed by atoms with Gasteiger partial charge in [-0.05, 0) is 62.0 Å². The number of benzene rings is 1. The number of rotatable bonds is 5. The van der Waals surface area contributed by atoms with Gasteiger partial charge in [0.25, 0.3) is 0 Å². The van der Waals surface area contributed by atoms with Crippen LogP contribution in [0.25, 0.3) is 0 Å². The molecule has 1 aromatic carbocycles. The first-order valence-corrected chi connectivity index (χ1v) is 8.27. The summed E-state index contributed by atoms with van der Waals surface area (Å²) in [6.45, 7) is 2.51. The first-order valence-electron chi connectivity index (χ1n) is 8.27. The molecule has 0 radical (unpaired) electrons. The van der Waals surface area contributed by atoms with Gasteiger partial charge >= 0.3 is 5.97 Å². The average Bonchev–Trinajstić information content (AvgIpc) is 3.04. The van der Waals surface area contributed by atoms with Crippen LogP contribution < -0.4 is 0 Å². The highest BCUT2D eigenvalue weighted by Crippen LogP contribution is 2.24. The molecule has 0 atom stereocenters. The van der Waals surface area contributed by atoms with Crippen molar-refractivity contribution >= 4 is 5.97 Å². The molecule has 1 aliphatic heterocycles. The number of carbonyl (C=O) groups excluding carboxylic acids is 1. The Kier molecular flexibility index (Phi) is 5.30. The fourth-order valence-corrected chi connectivity index (χ4v) is 3.30. The van der Waals surface area contributed by atoms with E-state index in [-0.39, 0.29) is 11.8 Å². The number of hydrogen-bond acceptors (Lipinski definition) is 4. The minimum absolute atomic E-state index is 0.168. The van der Waals surface area contributed by atoms with Gasteiger partial charge in [0.2, 0.25) is 0 Å². The number of likely N-dealkylation sites (tertiary alicyclic amines) is 1. The molecule has 128 valence electrons. The number of ether oxygens (including phenoxy) is 1. The Morgan fingerprint density at radius 1 is 1.33 bits per heavy atom. The van der Waals surface area contributed by atoms with Crippen molar-refractivity contribution in [2.75, 3.05) is 20.2 Å². The summed E-state index contributed by atoms with van der Waals surface area (Å²) in [5.41, 5.74) is 1.56. The van der Waals surface area contributed by atoms with Crippen LogP contribution in [0.4, 0.5) is 4.39 Å². The largest absolute Gasteiger partial charge is 0.467 e. The Hall–Kier alpha value is -2.14. The molecule has 0 amide bonds. The summed E-state index contributed by atoms with van der Waals surface area (Å²) >= 11 is 0. The first-order chi connectivity index (χ1) is 11.7. The van der Waals surface area contributed by atoms with Gasteiger partial charge in [-0.1, -0.05) is 12.1 Å². The second-order valence-electron chi connectivity index (χ2n) is 6.30. The van der Waals surface area contributed by atoms with E-state index in [1.807, 2.05) is 6.07 Å². The third kappa shape index (κ3) is 4.03. The molecule has 5 heteroatoms. The molecule has 3 rings (SSSR count). The lowest BCUT2D eigenvalue weighted by molar-refractivity contribution is 0.0595. The van der Waals surface area contributed by atoms with Crippen molar-refractivity contribution in [3.05, 3.63) is 59.3 Å². The zero-order valence-corrected chi connectivity index (χ0v) is 13.8. The van der Waals surface area contributed by atoms with Crippen LogP contribution in [0.5, 0.6) is 0 Å². The van der Waals surface area contributed by atoms with Crippen molar-refractivity contribution in [3.63, 3.8) is 0 Å². The molecule has 1 saturated heterocycles. The minimum Gasteiger partial charge on any atom is -0.467 e. The molecule has 0 aliphatic carbocycles. The molecule has 24 heavy (non-hydrogen) atoms. The fourth-order valence-electron chi connectivity index (χ4n) is 3.30. The summed E-state index contributed by atoms with van der Waals surface area (Å²) in [6, 6.07) is 8.51. The first kappa shape index (κ1) is 16.7. The van der Waals surface area contributed by atoms with Crippen LogP contribution in [0, 0.1) is 11.7 Å². The van der Waals surface area contributed by atoms with Crippen LogP contribution in [0.15, 0.2) is 41.0 Å². The van der Waals surface area contributed by atoms with E-state index in [2.05, 4.69) is 4.90 Å². The Labute approximate surface area is 141 Å². The predicted molar refractivity (Wildman–Crippen MR) is 88.2 cm³/mol. The molecule has 4 nitrogen and oxygen atoms in total. The smallest absolute Gasteiger partial charge is 0.341 e. The second kappa shape index (κ2) is 7.62. The number of piperidine rings is 1. The molecule has 2 aromatic rings. The van der Waals surface area contributed by atoms with Gasteiger partial charge in [0.1, 0.15) is 17.1 Å². The lowest BCUT2D eigenvalue weighted by atomic mass is 9.90. The standard InChI is InChI=1S/C19H22FNO3/c1-23-19(22)17-7-10-24-18(17)13-21-8-5-14(6-9-21)11-15-3-2-4-16(20)12-15/h2-4,7,10,12,14H,5-6,8-9,11,13H2,1H3. The predicted octanol–water partition coefficient (Wildman–Crippen LogP) is 3.66. The molecule has 0 unspecified atom stereocenters. The van der Waals surface area contributed by atoms with Gasteiger partial charge in [0.15, 0.2) is 0 Å². The van der Waals surface area contributed by atoms with E-state index in [0.717, 1.165) is 37.9 Å². The number of carbonyl (C=O) groups is 1. The minimum atomic E-state index is -0.361. The Bertz CT molecular complexity index is 689. The van der Waals surface area contributed by atoms with Crippen LogP contribution in [0.2, 0.25) is 0 Å². The van der Waals surface area contributed by atoms with E-state index in [9.17, 15) is 9.18 Å². The summed E-state index contributed by atoms with van der Waals surface area (Å²) in [5, 5.41) is 0. The highest BCUT2D eigenvalue weighted by molar-refractivity contribution is 5.90. The van der Waals surface area contributed by atoms with Crippen LogP contribution in [-0.4, -0.2) is 31.1 Å². The lowest BCUT2D eigenvalue weighted by Gasteiger charge is -2.31. The number of furan rings is 1. The van der Waals surface area contributed by atoms with E-state index < -0.39 is 0 Å². The van der Waals surface area contributed by atoms with Crippen molar-refractivity contribution in [1.82, 2.24) is 4.90 Å². The van der Waals surface area contributed by atoms with Crippen LogP contribution in [0.1, 0.15) is 34.5 Å². The topological polar surface area (TPSA) is 42.7 Å². The monoisotopic (exact) mass is 331 g/mol. The molecule has 0 N–H and O–H groups in total. The van der Waals surface area contributed by atoms with Crippen molar-refractivity contribution in [2.45, 2.75) is 25.8 Å². The van der Waals surface area contributed by atoms with E-state index >= 15 is 0 Å². The Morgan fingerprint density at radius 2 is 2.12 bits per heavy atom. The van der Waals surface area contributed by atoms with Crippen molar-refractivity contribution in [3.8, 4) is 0 Å². The summed E-state index contributed by atoms with van der Waals surface area (Å²) in [6.07, 6.45) is 4.56. The summed E-state index contributed by atoms with van der Waals surface area (Å²) in [5.74, 6) is 0.697. The normalized spacial score (nSPS) is 16.2. The van der Waals surface area contributed by atoms with Crippen molar-refractivity contribution in [1.29, 1.82) is 0 Å². The molecule has 2 heterocycles. The highest BCUT2D eigenvalue weighted by atomic mass is 19.1. The van der Waals surface area contributed by atoms with Gasteiger partial charge in [-0.2, -0.15) is 0 Å². The third-order valence-corrected chi connectivity index (χ3v) is 4.64. The molecule has 1 aromatic heterocycles. The SMILES string of the molecule is COC(=O)c1ccoc1CN1CCC(Cc2cccc(F)c2)CC1. The molecule has 1 fully saturated rings. The maximum absolute atomic E-state index is 13.3. The van der Waals surface area contributed by atoms with Crippen LogP contribution in [0.3, 0.4) is 0 Å². The third-order valence-electron chi connectivity index (χ3n) is 4.64. The van der Waals surface area contributed by atoms with E-state index in [4.69, 9.17) is 9.15 Å². The number of halogens is 1. The number of hydrogen-bond donors (Lipinski definition) is 0. The number of methoxy groups -OCH3 is 1. The average molecular weight is 331 g/mol. The molecule has 1 aliphatic rings. The van der Waals surface area contributed by atoms with Crippen LogP contribution >= 0.6 is 0 Å². The van der Waals surface area contributed by atoms with Crippen molar-refractivity contribution < 1.29 is 18.3 Å². The van der Waals surface area contributed by atoms with E-state index in [1.54, 1.807) is 18.2 Å². The van der Waals surface area contributed by atoms with E-state index in [1.165, 1.54) is 19.4 Å². The molecule has 0 spiro atoms. The van der Waals surface area contributed by atoms with Gasteiger partial charge in [-0.3, -0.25) is 4.90 Å². The molecular formula is C19H22FNO3. The van der Waals surface area contributed by atoms with Crippen LogP contribution in [-0.2, 0) is 17.7 Å². The highest BCUT2D eigenvalue weighted by Gasteiger charge is 2.23. The number of esters is 1. The van der Waals surface area contributed by atoms with Gasteiger partial charge in [0, 0.05) is 0 Å². The van der Waals surface area contributed by atoms with E-state index in [0.29, 0.717) is 23.8 Å². The van der Waals surface area contributed by atoms with Gasteiger partial charge in [0.05, 0.1) is 19.9 Å². The summed E-state index contributed by atoms with van der Waals surface area (Å²) < 4.78 is 23.5. The maximum Gasteiger partial charge on any atom is 0.341 e. The zero-order valence-electron chi connectivity index (χ0n) is 13.8. The number of nitrogens with zero attached hydrogens (tertiary/aromatic N) is 1. The van der Waals surface area contributed by atoms with Crippen molar-refractivity contribution in [2.24, 2.45) is 5.92 Å². The molecular weight excluding hydrogens is 309 g/mol. The molecule has 0 bridgehead atoms. The lowest BCUT2D eigenvalue weighted by Crippen LogP contribution is -2.34. The zero-order chi connectivity index (χ0) is 16.9. The van der Waals surface area contributed by atoms with Gasteiger partial charge in [-0.25, -0.2) is 9.18 Å². The Balaban J connectivity index is 1.52.